The van der Waals surface area contributed by atoms with Crippen molar-refractivity contribution < 1.29 is 42.9 Å². The first-order valence-electron chi connectivity index (χ1n) is 14.9. The predicted octanol–water partition coefficient (Wildman–Crippen LogP) is 3.64. The molecule has 0 aliphatic rings. The minimum atomic E-state index is -1.29. The highest BCUT2D eigenvalue weighted by molar-refractivity contribution is 5.86. The second-order valence-electron chi connectivity index (χ2n) is 10.1. The van der Waals surface area contributed by atoms with Crippen molar-refractivity contribution in [3.05, 3.63) is 35.7 Å². The number of hydrogen-bond donors (Lipinski definition) is 10. The van der Waals surface area contributed by atoms with Gasteiger partial charge < -0.3 is 54.3 Å². The van der Waals surface area contributed by atoms with Crippen LogP contribution in [0, 0.1) is 5.41 Å². The fourth-order valence-electron chi connectivity index (χ4n) is 2.71. The predicted molar refractivity (Wildman–Crippen MR) is 206 cm³/mol. The lowest BCUT2D eigenvalue weighted by atomic mass is 10.2. The number of nitrogens with one attached hydrogen (secondary N) is 3. The number of likely N-dealkylation sites (N-methyl/N-ethyl adjacent to an activating group) is 2. The van der Waals surface area contributed by atoms with Gasteiger partial charge in [0.05, 0.1) is 29.2 Å². The van der Waals surface area contributed by atoms with E-state index in [2.05, 4.69) is 20.6 Å². The summed E-state index contributed by atoms with van der Waals surface area (Å²) in [6.45, 7) is 8.07. The van der Waals surface area contributed by atoms with Gasteiger partial charge in [0.2, 0.25) is 0 Å². The molecule has 0 heterocycles. The van der Waals surface area contributed by atoms with E-state index in [4.69, 9.17) is 43.7 Å². The molecule has 0 aliphatic heterocycles. The second kappa shape index (κ2) is 41.2. The summed E-state index contributed by atoms with van der Waals surface area (Å²) < 4.78 is 39.1. The maximum Gasteiger partial charge on any atom is 0.324 e. The third-order valence-corrected chi connectivity index (χ3v) is 4.98. The average Bonchev–Trinajstić information content (AvgIpc) is 2.97. The van der Waals surface area contributed by atoms with E-state index in [0.717, 1.165) is 18.2 Å². The molecule has 0 unspecified atom stereocenters. The molecular weight excluding hydrogens is 746 g/mol. The van der Waals surface area contributed by atoms with Crippen LogP contribution in [-0.4, -0.2) is 102 Å². The molecule has 14 N–H and O–H groups in total. The molecule has 0 spiro atoms. The molecule has 0 saturated carbocycles. The van der Waals surface area contributed by atoms with Crippen LogP contribution < -0.4 is 33.6 Å². The normalized spacial score (nSPS) is 13.3. The molecular formula is C30H59Cl3F3N9O6. The largest absolute Gasteiger partial charge is 0.480 e. The van der Waals surface area contributed by atoms with Crippen molar-refractivity contribution in [3.63, 3.8) is 0 Å². The molecule has 0 amide bonds. The Balaban J connectivity index is -0.000000105. The summed E-state index contributed by atoms with van der Waals surface area (Å²) in [7, 11) is 2.93. The van der Waals surface area contributed by atoms with Crippen LogP contribution in [0.3, 0.4) is 0 Å². The monoisotopic (exact) mass is 803 g/mol. The Morgan fingerprint density at radius 2 is 0.980 bits per heavy atom. The fourth-order valence-corrected chi connectivity index (χ4v) is 2.71. The summed E-state index contributed by atoms with van der Waals surface area (Å²) in [6.07, 6.45) is 5.00. The third-order valence-electron chi connectivity index (χ3n) is 4.98. The van der Waals surface area contributed by atoms with E-state index in [0.29, 0.717) is 56.3 Å². The Hall–Kier alpha value is -3.26. The molecule has 3 atom stereocenters. The number of nitrogens with zero attached hydrogens (tertiary/aromatic N) is 2. The molecule has 0 aliphatic carbocycles. The van der Waals surface area contributed by atoms with Gasteiger partial charge in [-0.25, -0.2) is 13.2 Å². The zero-order valence-electron chi connectivity index (χ0n) is 30.0. The number of aliphatic imine (C=N–C) groups is 2. The van der Waals surface area contributed by atoms with E-state index < -0.39 is 53.5 Å². The minimum absolute atomic E-state index is 0. The summed E-state index contributed by atoms with van der Waals surface area (Å²) in [5.41, 5.74) is 21.5. The van der Waals surface area contributed by atoms with Crippen molar-refractivity contribution in [2.75, 3.05) is 33.7 Å². The molecule has 0 bridgehead atoms. The van der Waals surface area contributed by atoms with Crippen LogP contribution in [0.25, 0.3) is 0 Å². The number of carboxylic acid groups (broad SMARTS) is 3. The SMILES string of the molecule is CC(C)=N.CC(N)=NCCCC(F)=C[C@H](N)C(=O)O.CN[C@@H](C=C(F)CCCN)C(=O)O.CN[C@@H](C=C(F)CCCN=C(C)N)C(=O)O.Cl.Cl.Cl. The Bertz CT molecular complexity index is 1100. The van der Waals surface area contributed by atoms with E-state index in [1.165, 1.54) is 14.1 Å². The van der Waals surface area contributed by atoms with Gasteiger partial charge in [0.25, 0.3) is 0 Å². The van der Waals surface area contributed by atoms with Crippen LogP contribution in [0.15, 0.2) is 45.7 Å². The number of nitrogens with two attached hydrogens (primary N) is 4. The molecule has 0 aromatic carbocycles. The van der Waals surface area contributed by atoms with Crippen LogP contribution >= 0.6 is 37.2 Å². The number of hydrogen-bond acceptors (Lipinski definition) is 10. The van der Waals surface area contributed by atoms with Gasteiger partial charge >= 0.3 is 17.9 Å². The Morgan fingerprint density at radius 3 is 1.22 bits per heavy atom. The van der Waals surface area contributed by atoms with Crippen molar-refractivity contribution in [3.8, 4) is 0 Å². The smallest absolute Gasteiger partial charge is 0.324 e. The van der Waals surface area contributed by atoms with Gasteiger partial charge in [0.1, 0.15) is 18.1 Å². The summed E-state index contributed by atoms with van der Waals surface area (Å²) in [6, 6.07) is -3.23. The van der Waals surface area contributed by atoms with Gasteiger partial charge in [-0.2, -0.15) is 0 Å². The maximum absolute atomic E-state index is 13.2. The molecule has 0 fully saturated rings. The van der Waals surface area contributed by atoms with Crippen LogP contribution in [0.1, 0.15) is 66.2 Å². The lowest BCUT2D eigenvalue weighted by Crippen LogP contribution is -2.31. The highest BCUT2D eigenvalue weighted by Crippen LogP contribution is 2.09. The third kappa shape index (κ3) is 51.2. The van der Waals surface area contributed by atoms with Crippen LogP contribution in [0.5, 0.6) is 0 Å². The zero-order chi connectivity index (χ0) is 38.2. The Labute approximate surface area is 317 Å². The molecule has 0 aromatic heterocycles. The number of amidine groups is 2. The van der Waals surface area contributed by atoms with E-state index >= 15 is 0 Å². The molecule has 0 radical (unpaired) electrons. The standard InChI is InChI=1S/C10H18FN3O2.C9H16FN3O2.C8H15FN2O2.C3H7N.3ClH/c1-7(12)14-5-3-4-8(11)6-9(13-2)10(15)16;1-6(11)13-4-2-3-7(10)5-8(12)9(14)15;1-11-7(8(12)13)5-6(9)3-2-4-10;1-3(2)4;;;/h6,9,13H,3-5H2,1-2H3,(H2,12,14)(H,15,16);5,8H,2-4,12H2,1H3,(H2,11,13)(H,14,15);5,7,11H,2-4,10H2,1H3,(H,12,13);4H,1-2H3;3*1H/t9-;8-;7-;;;;/m000..../s1. The zero-order valence-corrected chi connectivity index (χ0v) is 32.4. The van der Waals surface area contributed by atoms with Crippen molar-refractivity contribution in [2.45, 2.75) is 84.3 Å². The fraction of sp³-hybridized carbons (Fsp3) is 0.600. The van der Waals surface area contributed by atoms with Crippen LogP contribution in [0.4, 0.5) is 13.2 Å². The Morgan fingerprint density at radius 1 is 0.686 bits per heavy atom. The lowest BCUT2D eigenvalue weighted by Gasteiger charge is -2.05. The van der Waals surface area contributed by atoms with Crippen molar-refractivity contribution in [1.82, 2.24) is 10.6 Å². The van der Waals surface area contributed by atoms with Gasteiger partial charge in [-0.05, 0) is 85.8 Å². The summed E-state index contributed by atoms with van der Waals surface area (Å²) in [5, 5.41) is 37.0. The average molecular weight is 805 g/mol. The highest BCUT2D eigenvalue weighted by atomic mass is 35.5. The van der Waals surface area contributed by atoms with Gasteiger partial charge in [0, 0.05) is 38.1 Å². The van der Waals surface area contributed by atoms with Crippen LogP contribution in [-0.2, 0) is 14.4 Å². The number of aliphatic carboxylic acids is 3. The van der Waals surface area contributed by atoms with Crippen LogP contribution in [0.2, 0.25) is 0 Å². The van der Waals surface area contributed by atoms with Gasteiger partial charge in [-0.3, -0.25) is 24.4 Å². The number of halogens is 6. The summed E-state index contributed by atoms with van der Waals surface area (Å²) >= 11 is 0. The van der Waals surface area contributed by atoms with E-state index in [1.807, 2.05) is 0 Å². The molecule has 302 valence electrons. The first-order chi connectivity index (χ1) is 22.2. The first kappa shape index (κ1) is 62.8. The second-order valence-corrected chi connectivity index (χ2v) is 10.1. The topological polar surface area (TPSA) is 289 Å². The van der Waals surface area contributed by atoms with E-state index in [1.54, 1.807) is 27.7 Å². The minimum Gasteiger partial charge on any atom is -0.480 e. The molecule has 15 nitrogen and oxygen atoms in total. The molecule has 21 heteroatoms. The van der Waals surface area contributed by atoms with Gasteiger partial charge in [0.15, 0.2) is 0 Å². The van der Waals surface area contributed by atoms with Gasteiger partial charge in [-0.15, -0.1) is 37.2 Å². The van der Waals surface area contributed by atoms with E-state index in [-0.39, 0.29) is 56.5 Å². The number of carboxylic acids is 3. The number of rotatable bonds is 19. The molecule has 0 aromatic rings. The molecule has 0 rings (SSSR count). The van der Waals surface area contributed by atoms with Crippen molar-refractivity contribution in [1.29, 1.82) is 5.41 Å². The van der Waals surface area contributed by atoms with E-state index in [9.17, 15) is 27.6 Å². The summed E-state index contributed by atoms with van der Waals surface area (Å²) in [4.78, 5) is 39.1. The lowest BCUT2D eigenvalue weighted by molar-refractivity contribution is -0.139. The Kier molecular flexibility index (Phi) is 50.7. The van der Waals surface area contributed by atoms with Gasteiger partial charge in [-0.1, -0.05) is 0 Å². The maximum atomic E-state index is 13.2. The molecule has 51 heavy (non-hydrogen) atoms. The molecule has 0 saturated heterocycles. The highest BCUT2D eigenvalue weighted by Gasteiger charge is 2.13. The quantitative estimate of drug-likeness (QED) is 0.0509. The van der Waals surface area contributed by atoms with Crippen molar-refractivity contribution >= 4 is 72.5 Å². The first-order valence-corrected chi connectivity index (χ1v) is 14.9. The number of allylic oxidation sites excluding steroid dienone is 3. The number of carbonyl (C=O) groups is 3. The summed E-state index contributed by atoms with van der Waals surface area (Å²) in [5.74, 6) is -3.96. The van der Waals surface area contributed by atoms with Crippen molar-refractivity contribution in [2.24, 2.45) is 32.9 Å².